The molecule has 0 fully saturated rings. The van der Waals surface area contributed by atoms with Crippen LogP contribution in [0.15, 0.2) is 77.1 Å². The van der Waals surface area contributed by atoms with Crippen molar-refractivity contribution in [2.24, 2.45) is 4.99 Å². The molecule has 2 aromatic rings. The van der Waals surface area contributed by atoms with Gasteiger partial charge in [-0.15, -0.1) is 0 Å². The van der Waals surface area contributed by atoms with E-state index in [1.807, 2.05) is 65.6 Å². The van der Waals surface area contributed by atoms with Gasteiger partial charge in [0.15, 0.2) is 5.17 Å². The molecule has 0 unspecified atom stereocenters. The minimum absolute atomic E-state index is 0.262. The summed E-state index contributed by atoms with van der Waals surface area (Å²) in [6.45, 7) is 3.73. The molecule has 1 amide bonds. The van der Waals surface area contributed by atoms with Gasteiger partial charge >= 0.3 is 0 Å². The molecule has 0 aliphatic carbocycles. The molecule has 1 aliphatic heterocycles. The number of rotatable bonds is 2. The van der Waals surface area contributed by atoms with E-state index in [2.05, 4.69) is 11.6 Å². The number of thioether (sulfide) groups is 1. The first-order valence-electron chi connectivity index (χ1n) is 6.16. The first-order chi connectivity index (χ1) is 9.75. The zero-order chi connectivity index (χ0) is 13.9. The van der Waals surface area contributed by atoms with Crippen molar-refractivity contribution in [2.75, 3.05) is 4.90 Å². The number of benzene rings is 2. The van der Waals surface area contributed by atoms with E-state index >= 15 is 0 Å². The fourth-order valence-electron chi connectivity index (χ4n) is 1.95. The van der Waals surface area contributed by atoms with Crippen molar-refractivity contribution in [3.63, 3.8) is 0 Å². The van der Waals surface area contributed by atoms with Crippen LogP contribution in [-0.4, -0.2) is 11.1 Å². The first-order valence-corrected chi connectivity index (χ1v) is 6.97. The van der Waals surface area contributed by atoms with Crippen molar-refractivity contribution in [3.8, 4) is 0 Å². The van der Waals surface area contributed by atoms with E-state index in [0.29, 0.717) is 10.1 Å². The molecule has 0 bridgehead atoms. The van der Waals surface area contributed by atoms with E-state index in [4.69, 9.17) is 0 Å². The molecule has 0 radical (unpaired) electrons. The van der Waals surface area contributed by atoms with Gasteiger partial charge in [-0.25, -0.2) is 0 Å². The average Bonchev–Trinajstić information content (AvgIpc) is 2.81. The lowest BCUT2D eigenvalue weighted by Gasteiger charge is -2.23. The highest BCUT2D eigenvalue weighted by Crippen LogP contribution is 2.34. The molecule has 3 nitrogen and oxygen atoms in total. The number of para-hydroxylation sites is 2. The van der Waals surface area contributed by atoms with Gasteiger partial charge in [0, 0.05) is 11.4 Å². The Morgan fingerprint density at radius 1 is 0.900 bits per heavy atom. The summed E-state index contributed by atoms with van der Waals surface area (Å²) in [7, 11) is 0. The molecule has 0 atom stereocenters. The Morgan fingerprint density at radius 2 is 1.40 bits per heavy atom. The number of nitrogens with zero attached hydrogens (tertiary/aromatic N) is 2. The third-order valence-corrected chi connectivity index (χ3v) is 3.75. The molecule has 1 aliphatic rings. The molecular formula is C16H12N2OS. The van der Waals surface area contributed by atoms with Crippen LogP contribution in [0.2, 0.25) is 0 Å². The maximum absolute atomic E-state index is 11.6. The maximum atomic E-state index is 11.6. The van der Waals surface area contributed by atoms with Gasteiger partial charge in [-0.3, -0.25) is 9.69 Å². The molecule has 1 heterocycles. The Bertz CT molecular complexity index is 641. The van der Waals surface area contributed by atoms with Crippen LogP contribution >= 0.6 is 11.8 Å². The van der Waals surface area contributed by atoms with E-state index in [-0.39, 0.29) is 5.91 Å². The van der Waals surface area contributed by atoms with Gasteiger partial charge in [-0.1, -0.05) is 43.0 Å². The lowest BCUT2D eigenvalue weighted by Crippen LogP contribution is -2.21. The number of aliphatic imine (C=N–C) groups is 1. The summed E-state index contributed by atoms with van der Waals surface area (Å²) >= 11 is 1.30. The van der Waals surface area contributed by atoms with E-state index in [1.54, 1.807) is 0 Å². The number of amidine groups is 1. The Morgan fingerprint density at radius 3 is 1.80 bits per heavy atom. The Hall–Kier alpha value is -2.33. The average molecular weight is 280 g/mol. The van der Waals surface area contributed by atoms with Crippen LogP contribution in [0.4, 0.5) is 11.4 Å². The second kappa shape index (κ2) is 5.35. The summed E-state index contributed by atoms with van der Waals surface area (Å²) in [6.07, 6.45) is 0. The van der Waals surface area contributed by atoms with Crippen molar-refractivity contribution in [1.29, 1.82) is 0 Å². The Kier molecular flexibility index (Phi) is 3.39. The van der Waals surface area contributed by atoms with Gasteiger partial charge in [0.2, 0.25) is 0 Å². The predicted octanol–water partition coefficient (Wildman–Crippen LogP) is 3.97. The van der Waals surface area contributed by atoms with Gasteiger partial charge in [-0.2, -0.15) is 4.99 Å². The molecule has 0 saturated heterocycles. The fourth-order valence-corrected chi connectivity index (χ4v) is 2.73. The molecule has 98 valence electrons. The summed E-state index contributed by atoms with van der Waals surface area (Å²) < 4.78 is 0. The maximum Gasteiger partial charge on any atom is 0.285 e. The summed E-state index contributed by atoms with van der Waals surface area (Å²) in [4.78, 5) is 18.1. The lowest BCUT2D eigenvalue weighted by molar-refractivity contribution is -0.113. The molecule has 0 N–H and O–H groups in total. The smallest absolute Gasteiger partial charge is 0.285 e. The molecular weight excluding hydrogens is 268 g/mol. The van der Waals surface area contributed by atoms with Crippen molar-refractivity contribution >= 4 is 34.2 Å². The van der Waals surface area contributed by atoms with Crippen LogP contribution in [-0.2, 0) is 4.79 Å². The highest BCUT2D eigenvalue weighted by Gasteiger charge is 2.26. The van der Waals surface area contributed by atoms with E-state index < -0.39 is 0 Å². The number of carbonyl (C=O) groups is 1. The number of carbonyl (C=O) groups excluding carboxylic acids is 1. The summed E-state index contributed by atoms with van der Waals surface area (Å²) in [5.74, 6) is -0.262. The molecule has 3 rings (SSSR count). The van der Waals surface area contributed by atoms with Crippen molar-refractivity contribution in [2.45, 2.75) is 0 Å². The SMILES string of the molecule is C=C1SC(N(c2ccccc2)c2ccccc2)=NC1=O. The number of amides is 1. The first kappa shape index (κ1) is 12.7. The van der Waals surface area contributed by atoms with Gasteiger partial charge in [0.1, 0.15) is 0 Å². The largest absolute Gasteiger partial charge is 0.289 e. The van der Waals surface area contributed by atoms with Gasteiger partial charge in [0.05, 0.1) is 4.91 Å². The van der Waals surface area contributed by atoms with Crippen LogP contribution in [0.3, 0.4) is 0 Å². The minimum Gasteiger partial charge on any atom is -0.289 e. The van der Waals surface area contributed by atoms with Gasteiger partial charge < -0.3 is 0 Å². The van der Waals surface area contributed by atoms with Crippen molar-refractivity contribution in [3.05, 3.63) is 72.1 Å². The minimum atomic E-state index is -0.262. The summed E-state index contributed by atoms with van der Waals surface area (Å²) in [5.41, 5.74) is 1.93. The van der Waals surface area contributed by atoms with Crippen LogP contribution in [0.1, 0.15) is 0 Å². The molecule has 0 aromatic heterocycles. The summed E-state index contributed by atoms with van der Waals surface area (Å²) in [5, 5.41) is 0.636. The molecule has 0 saturated carbocycles. The molecule has 2 aromatic carbocycles. The van der Waals surface area contributed by atoms with Crippen molar-refractivity contribution in [1.82, 2.24) is 0 Å². The number of hydrogen-bond acceptors (Lipinski definition) is 3. The molecule has 4 heteroatoms. The van der Waals surface area contributed by atoms with E-state index in [9.17, 15) is 4.79 Å². The van der Waals surface area contributed by atoms with Crippen molar-refractivity contribution < 1.29 is 4.79 Å². The quantitative estimate of drug-likeness (QED) is 0.780. The van der Waals surface area contributed by atoms with Crippen LogP contribution in [0.25, 0.3) is 0 Å². The Labute approximate surface area is 121 Å². The Balaban J connectivity index is 2.08. The highest BCUT2D eigenvalue weighted by molar-refractivity contribution is 8.18. The zero-order valence-corrected chi connectivity index (χ0v) is 11.5. The number of hydrogen-bond donors (Lipinski definition) is 0. The van der Waals surface area contributed by atoms with E-state index in [0.717, 1.165) is 11.4 Å². The van der Waals surface area contributed by atoms with E-state index in [1.165, 1.54) is 11.8 Å². The van der Waals surface area contributed by atoms with Gasteiger partial charge in [-0.05, 0) is 36.0 Å². The second-order valence-electron chi connectivity index (χ2n) is 4.23. The van der Waals surface area contributed by atoms with Crippen LogP contribution in [0, 0.1) is 0 Å². The predicted molar refractivity (Wildman–Crippen MR) is 84.2 cm³/mol. The normalized spacial score (nSPS) is 14.3. The molecule has 20 heavy (non-hydrogen) atoms. The van der Waals surface area contributed by atoms with Crippen LogP contribution in [0.5, 0.6) is 0 Å². The number of anilines is 2. The van der Waals surface area contributed by atoms with Crippen LogP contribution < -0.4 is 4.90 Å². The standard InChI is InChI=1S/C16H12N2OS/c1-12-15(19)17-16(20-12)18(13-8-4-2-5-9-13)14-10-6-3-7-11-14/h2-11H,1H2. The zero-order valence-electron chi connectivity index (χ0n) is 10.7. The third-order valence-electron chi connectivity index (χ3n) is 2.87. The topological polar surface area (TPSA) is 32.7 Å². The van der Waals surface area contributed by atoms with Gasteiger partial charge in [0.25, 0.3) is 5.91 Å². The third kappa shape index (κ3) is 2.38. The highest BCUT2D eigenvalue weighted by atomic mass is 32.2. The summed E-state index contributed by atoms with van der Waals surface area (Å²) in [6, 6.07) is 19.7. The fraction of sp³-hybridized carbons (Fsp3) is 0. The lowest BCUT2D eigenvalue weighted by atomic mass is 10.2. The second-order valence-corrected chi connectivity index (χ2v) is 5.29. The molecule has 0 spiro atoms. The monoisotopic (exact) mass is 280 g/mol.